The van der Waals surface area contributed by atoms with Crippen LogP contribution in [-0.4, -0.2) is 35.6 Å². The van der Waals surface area contributed by atoms with E-state index in [4.69, 9.17) is 11.6 Å². The van der Waals surface area contributed by atoms with Gasteiger partial charge >= 0.3 is 0 Å². The number of sulfonamides is 1. The number of H-pyrrole nitrogens is 1. The van der Waals surface area contributed by atoms with Crippen LogP contribution in [0.3, 0.4) is 0 Å². The Kier molecular flexibility index (Phi) is 5.52. The molecule has 0 atom stereocenters. The zero-order chi connectivity index (χ0) is 20.8. The van der Waals surface area contributed by atoms with Crippen molar-refractivity contribution in [2.24, 2.45) is 0 Å². The Labute approximate surface area is 180 Å². The van der Waals surface area contributed by atoms with E-state index in [-0.39, 0.29) is 16.0 Å². The minimum Gasteiger partial charge on any atom is -0.393 e. The molecule has 10 heteroatoms. The minimum atomic E-state index is -3.85. The second kappa shape index (κ2) is 7.81. The molecule has 0 aliphatic heterocycles. The molecule has 2 aromatic carbocycles. The van der Waals surface area contributed by atoms with Crippen LogP contribution in [0.15, 0.2) is 52.0 Å². The van der Waals surface area contributed by atoms with Gasteiger partial charge in [-0.1, -0.05) is 17.7 Å². The van der Waals surface area contributed by atoms with Crippen molar-refractivity contribution in [3.8, 4) is 22.6 Å². The van der Waals surface area contributed by atoms with E-state index in [2.05, 4.69) is 30.6 Å². The van der Waals surface area contributed by atoms with E-state index in [0.717, 1.165) is 0 Å². The first-order valence-electron chi connectivity index (χ1n) is 8.73. The van der Waals surface area contributed by atoms with E-state index in [1.807, 2.05) is 0 Å². The van der Waals surface area contributed by atoms with Gasteiger partial charge in [-0.15, -0.1) is 0 Å². The van der Waals surface area contributed by atoms with Gasteiger partial charge in [-0.05, 0) is 59.1 Å². The summed E-state index contributed by atoms with van der Waals surface area (Å²) < 4.78 is 42.1. The molecule has 0 unspecified atom stereocenters. The van der Waals surface area contributed by atoms with Crippen LogP contribution in [-0.2, 0) is 10.0 Å². The monoisotopic (exact) mass is 499 g/mol. The van der Waals surface area contributed by atoms with Crippen molar-refractivity contribution in [3.05, 3.63) is 57.9 Å². The van der Waals surface area contributed by atoms with Gasteiger partial charge in [0.2, 0.25) is 10.0 Å². The number of aromatic nitrogens is 2. The topological polar surface area (TPSA) is 95.1 Å². The van der Waals surface area contributed by atoms with Crippen LogP contribution in [0.2, 0.25) is 5.02 Å². The summed E-state index contributed by atoms with van der Waals surface area (Å²) in [7, 11) is -3.85. The summed E-state index contributed by atoms with van der Waals surface area (Å²) in [6.07, 6.45) is 1.83. The highest BCUT2D eigenvalue weighted by atomic mass is 79.9. The van der Waals surface area contributed by atoms with Gasteiger partial charge in [0.05, 0.1) is 27.5 Å². The molecule has 0 spiro atoms. The van der Waals surface area contributed by atoms with Gasteiger partial charge in [-0.2, -0.15) is 0 Å². The van der Waals surface area contributed by atoms with Gasteiger partial charge in [0.25, 0.3) is 0 Å². The predicted molar refractivity (Wildman–Crippen MR) is 111 cm³/mol. The Morgan fingerprint density at radius 1 is 1.21 bits per heavy atom. The fourth-order valence-electron chi connectivity index (χ4n) is 3.10. The Morgan fingerprint density at radius 3 is 2.62 bits per heavy atom. The summed E-state index contributed by atoms with van der Waals surface area (Å²) in [5.41, 5.74) is 1.72. The fourth-order valence-corrected chi connectivity index (χ4v) is 5.14. The minimum absolute atomic E-state index is 0.0642. The van der Waals surface area contributed by atoms with Gasteiger partial charge in [-0.25, -0.2) is 22.5 Å². The summed E-state index contributed by atoms with van der Waals surface area (Å²) in [4.78, 5) is 7.30. The molecule has 1 aromatic heterocycles. The number of imidazole rings is 1. The number of aromatic amines is 1. The fraction of sp³-hybridized carbons (Fsp3) is 0.211. The summed E-state index contributed by atoms with van der Waals surface area (Å²) >= 11 is 9.25. The molecule has 29 heavy (non-hydrogen) atoms. The van der Waals surface area contributed by atoms with Crippen molar-refractivity contribution in [3.63, 3.8) is 0 Å². The SMILES string of the molecule is O=S(=O)(N[C@H]1C[C@H](O)C1)c1cc(-c2ncc(-c3ccc(Br)c(F)c3)[nH]2)ccc1Cl. The molecule has 0 amide bonds. The third-order valence-electron chi connectivity index (χ3n) is 4.74. The number of hydrogen-bond donors (Lipinski definition) is 3. The molecule has 0 saturated heterocycles. The number of halogens is 3. The number of aliphatic hydroxyl groups excluding tert-OH is 1. The zero-order valence-corrected chi connectivity index (χ0v) is 18.0. The summed E-state index contributed by atoms with van der Waals surface area (Å²) in [5, 5.41) is 9.45. The number of rotatable bonds is 5. The first-order valence-corrected chi connectivity index (χ1v) is 11.4. The van der Waals surface area contributed by atoms with Gasteiger partial charge in [0, 0.05) is 17.2 Å². The molecule has 0 bridgehead atoms. The lowest BCUT2D eigenvalue weighted by Crippen LogP contribution is -2.46. The normalized spacial score (nSPS) is 19.2. The molecule has 1 aliphatic rings. The lowest BCUT2D eigenvalue weighted by Gasteiger charge is -2.31. The summed E-state index contributed by atoms with van der Waals surface area (Å²) in [6, 6.07) is 8.97. The van der Waals surface area contributed by atoms with Gasteiger partial charge in [-0.3, -0.25) is 0 Å². The Morgan fingerprint density at radius 2 is 1.93 bits per heavy atom. The molecule has 1 fully saturated rings. The Balaban J connectivity index is 1.64. The van der Waals surface area contributed by atoms with Crippen LogP contribution in [0.1, 0.15) is 12.8 Å². The smallest absolute Gasteiger partial charge is 0.242 e. The average molecular weight is 501 g/mol. The first kappa shape index (κ1) is 20.5. The predicted octanol–water partition coefficient (Wildman–Crippen LogP) is 4.10. The number of benzene rings is 2. The van der Waals surface area contributed by atoms with E-state index < -0.39 is 21.9 Å². The van der Waals surface area contributed by atoms with Gasteiger partial charge < -0.3 is 10.1 Å². The van der Waals surface area contributed by atoms with Gasteiger partial charge in [0.1, 0.15) is 16.5 Å². The molecule has 4 rings (SSSR count). The molecule has 3 aromatic rings. The summed E-state index contributed by atoms with van der Waals surface area (Å²) in [5.74, 6) is 0.0289. The van der Waals surface area contributed by atoms with Crippen LogP contribution in [0.5, 0.6) is 0 Å². The van der Waals surface area contributed by atoms with Gasteiger partial charge in [0.15, 0.2) is 0 Å². The van der Waals surface area contributed by atoms with E-state index >= 15 is 0 Å². The molecule has 3 N–H and O–H groups in total. The number of nitrogens with one attached hydrogen (secondary N) is 2. The van der Waals surface area contributed by atoms with E-state index in [9.17, 15) is 17.9 Å². The molecule has 0 radical (unpaired) electrons. The maximum absolute atomic E-state index is 13.8. The molecule has 1 aliphatic carbocycles. The highest BCUT2D eigenvalue weighted by Gasteiger charge is 2.32. The molecule has 1 saturated carbocycles. The molecule has 6 nitrogen and oxygen atoms in total. The highest BCUT2D eigenvalue weighted by molar-refractivity contribution is 9.10. The lowest BCUT2D eigenvalue weighted by atomic mass is 9.91. The first-order chi connectivity index (χ1) is 13.7. The maximum Gasteiger partial charge on any atom is 0.242 e. The van der Waals surface area contributed by atoms with Crippen LogP contribution in [0, 0.1) is 5.82 Å². The zero-order valence-electron chi connectivity index (χ0n) is 14.9. The van der Waals surface area contributed by atoms with Crippen molar-refractivity contribution in [2.45, 2.75) is 29.9 Å². The second-order valence-corrected chi connectivity index (χ2v) is 9.81. The van der Waals surface area contributed by atoms with Crippen molar-refractivity contribution in [1.29, 1.82) is 0 Å². The van der Waals surface area contributed by atoms with Crippen LogP contribution in [0.4, 0.5) is 4.39 Å². The van der Waals surface area contributed by atoms with E-state index in [1.165, 1.54) is 18.2 Å². The van der Waals surface area contributed by atoms with E-state index in [0.29, 0.717) is 40.0 Å². The molecule has 1 heterocycles. The summed E-state index contributed by atoms with van der Waals surface area (Å²) in [6.45, 7) is 0. The number of nitrogens with zero attached hydrogens (tertiary/aromatic N) is 1. The van der Waals surface area contributed by atoms with Crippen molar-refractivity contribution < 1.29 is 17.9 Å². The molecular weight excluding hydrogens is 485 g/mol. The van der Waals surface area contributed by atoms with Crippen LogP contribution in [0.25, 0.3) is 22.6 Å². The maximum atomic E-state index is 13.8. The van der Waals surface area contributed by atoms with E-state index in [1.54, 1.807) is 24.4 Å². The third-order valence-corrected chi connectivity index (χ3v) is 7.38. The Hall–Kier alpha value is -1.78. The third kappa shape index (κ3) is 4.24. The molecule has 152 valence electrons. The number of aliphatic hydroxyl groups is 1. The van der Waals surface area contributed by atoms with Crippen molar-refractivity contribution in [2.75, 3.05) is 0 Å². The van der Waals surface area contributed by atoms with Crippen molar-refractivity contribution >= 4 is 37.6 Å². The van der Waals surface area contributed by atoms with Crippen molar-refractivity contribution in [1.82, 2.24) is 14.7 Å². The lowest BCUT2D eigenvalue weighted by molar-refractivity contribution is 0.0712. The number of hydrogen-bond acceptors (Lipinski definition) is 4. The quantitative estimate of drug-likeness (QED) is 0.491. The second-order valence-electron chi connectivity index (χ2n) is 6.86. The largest absolute Gasteiger partial charge is 0.393 e. The van der Waals surface area contributed by atoms with Crippen LogP contribution < -0.4 is 4.72 Å². The van der Waals surface area contributed by atoms with Crippen LogP contribution >= 0.6 is 27.5 Å². The standard InChI is InChI=1S/C19H16BrClFN3O3S/c20-14-3-1-10(5-16(14)22)17-9-23-19(24-17)11-2-4-15(21)18(6-11)29(27,28)25-12-7-13(26)8-12/h1-6,9,12-13,25-26H,7-8H2,(H,23,24)/t12-,13-. The Bertz CT molecular complexity index is 1180. The molecular formula is C19H16BrClFN3O3S. The average Bonchev–Trinajstić information content (AvgIpc) is 3.13. The highest BCUT2D eigenvalue weighted by Crippen LogP contribution is 2.30.